The number of hydrogen-bond donors (Lipinski definition) is 1. The molecule has 6 heteroatoms. The molecule has 1 heterocycles. The predicted octanol–water partition coefficient (Wildman–Crippen LogP) is 7.27. The molecule has 43 heavy (non-hydrogen) atoms. The minimum Gasteiger partial charge on any atom is -0.373 e. The van der Waals surface area contributed by atoms with E-state index in [9.17, 15) is 5.11 Å². The lowest BCUT2D eigenvalue weighted by Crippen LogP contribution is -2.61. The highest BCUT2D eigenvalue weighted by atomic mass is 16.7. The van der Waals surface area contributed by atoms with Crippen LogP contribution in [-0.2, 0) is 29.3 Å². The molecule has 0 unspecified atom stereocenters. The summed E-state index contributed by atoms with van der Waals surface area (Å²) >= 11 is 0. The molecule has 0 aliphatic carbocycles. The molecule has 1 aliphatic rings. The molecule has 1 N–H and O–H groups in total. The Labute approximate surface area is 258 Å². The van der Waals surface area contributed by atoms with Gasteiger partial charge in [-0.3, -0.25) is 0 Å². The van der Waals surface area contributed by atoms with Crippen molar-refractivity contribution in [2.45, 2.75) is 95.6 Å². The molecule has 3 aromatic carbocycles. The minimum absolute atomic E-state index is 0.169. The Balaban J connectivity index is 1.71. The summed E-state index contributed by atoms with van der Waals surface area (Å²) in [5.74, 6) is 0. The lowest BCUT2D eigenvalue weighted by Gasteiger charge is -2.45. The number of hydrogen-bond acceptors (Lipinski definition) is 6. The molecule has 0 bridgehead atoms. The van der Waals surface area contributed by atoms with Crippen molar-refractivity contribution in [1.82, 2.24) is 0 Å². The first-order valence-electron chi connectivity index (χ1n) is 16.1. The Morgan fingerprint density at radius 2 is 0.977 bits per heavy atom. The van der Waals surface area contributed by atoms with Crippen molar-refractivity contribution >= 4 is 0 Å². The topological polar surface area (TPSA) is 66.4 Å². The maximum Gasteiger partial charge on any atom is 0.184 e. The number of aliphatic hydroxyl groups is 1. The first-order valence-corrected chi connectivity index (χ1v) is 16.1. The SMILES string of the molecule is CCCCO[C@@H]1[C@@H](OCCCC)[C@@H](O)O[C@H](COC(c2ccccc2)(c2ccccc2)c2ccccc2)[C@H]1OCCCC. The summed E-state index contributed by atoms with van der Waals surface area (Å²) in [7, 11) is 0. The van der Waals surface area contributed by atoms with Crippen LogP contribution in [0.3, 0.4) is 0 Å². The maximum absolute atomic E-state index is 11.3. The average Bonchev–Trinajstić information content (AvgIpc) is 3.05. The molecule has 3 aromatic rings. The average molecular weight is 591 g/mol. The van der Waals surface area contributed by atoms with Gasteiger partial charge in [0.05, 0.1) is 6.61 Å². The molecule has 0 amide bonds. The summed E-state index contributed by atoms with van der Waals surface area (Å²) in [5.41, 5.74) is 2.09. The number of aliphatic hydroxyl groups excluding tert-OH is 1. The first-order chi connectivity index (χ1) is 21.2. The van der Waals surface area contributed by atoms with E-state index < -0.39 is 36.3 Å². The smallest absolute Gasteiger partial charge is 0.184 e. The number of ether oxygens (including phenoxy) is 5. The summed E-state index contributed by atoms with van der Waals surface area (Å²) in [6.07, 6.45) is 2.38. The molecule has 0 saturated carbocycles. The third-order valence-corrected chi connectivity index (χ3v) is 8.04. The van der Waals surface area contributed by atoms with Crippen LogP contribution in [0.25, 0.3) is 0 Å². The predicted molar refractivity (Wildman–Crippen MR) is 170 cm³/mol. The molecule has 0 aromatic heterocycles. The van der Waals surface area contributed by atoms with Crippen LogP contribution in [0.5, 0.6) is 0 Å². The van der Waals surface area contributed by atoms with Gasteiger partial charge in [0, 0.05) is 19.8 Å². The van der Waals surface area contributed by atoms with E-state index in [1.807, 2.05) is 54.6 Å². The Morgan fingerprint density at radius 3 is 1.40 bits per heavy atom. The molecule has 6 nitrogen and oxygen atoms in total. The van der Waals surface area contributed by atoms with Crippen LogP contribution in [0, 0.1) is 0 Å². The van der Waals surface area contributed by atoms with Crippen LogP contribution in [0.1, 0.15) is 76.0 Å². The Bertz CT molecular complexity index is 1040. The van der Waals surface area contributed by atoms with E-state index in [0.29, 0.717) is 19.8 Å². The standard InChI is InChI=1S/C37H50O6/c1-4-7-25-39-33-32(43-36(38)35(41-27-9-6-3)34(33)40-26-8-5-2)28-42-37(29-19-13-10-14-20-29,30-21-15-11-16-22-30)31-23-17-12-18-24-31/h10-24,32-36,38H,4-9,25-28H2,1-3H3/t32-,33-,34+,35-,36+/m1/s1. The van der Waals surface area contributed by atoms with Crippen molar-refractivity contribution in [3.63, 3.8) is 0 Å². The monoisotopic (exact) mass is 590 g/mol. The molecule has 1 saturated heterocycles. The van der Waals surface area contributed by atoms with Gasteiger partial charge in [-0.1, -0.05) is 131 Å². The van der Waals surface area contributed by atoms with Crippen molar-refractivity contribution in [2.24, 2.45) is 0 Å². The Kier molecular flexibility index (Phi) is 13.7. The van der Waals surface area contributed by atoms with Gasteiger partial charge < -0.3 is 28.8 Å². The first kappa shape index (κ1) is 33.3. The Morgan fingerprint density at radius 1 is 0.581 bits per heavy atom. The van der Waals surface area contributed by atoms with Gasteiger partial charge in [0.1, 0.15) is 30.0 Å². The van der Waals surface area contributed by atoms with Crippen molar-refractivity contribution in [1.29, 1.82) is 0 Å². The fraction of sp³-hybridized carbons (Fsp3) is 0.514. The highest BCUT2D eigenvalue weighted by molar-refractivity contribution is 5.47. The lowest BCUT2D eigenvalue weighted by atomic mass is 9.80. The molecule has 4 rings (SSSR count). The number of benzene rings is 3. The quantitative estimate of drug-likeness (QED) is 0.124. The maximum atomic E-state index is 11.3. The van der Waals surface area contributed by atoms with Gasteiger partial charge in [0.15, 0.2) is 6.29 Å². The third kappa shape index (κ3) is 8.53. The molecule has 1 aliphatic heterocycles. The largest absolute Gasteiger partial charge is 0.373 e. The van der Waals surface area contributed by atoms with E-state index in [-0.39, 0.29) is 6.61 Å². The van der Waals surface area contributed by atoms with Crippen LogP contribution in [0.15, 0.2) is 91.0 Å². The zero-order valence-corrected chi connectivity index (χ0v) is 26.1. The zero-order valence-electron chi connectivity index (χ0n) is 26.1. The van der Waals surface area contributed by atoms with E-state index >= 15 is 0 Å². The van der Waals surface area contributed by atoms with Gasteiger partial charge in [-0.25, -0.2) is 0 Å². The van der Waals surface area contributed by atoms with Crippen LogP contribution < -0.4 is 0 Å². The van der Waals surface area contributed by atoms with E-state index in [2.05, 4.69) is 57.2 Å². The molecular formula is C37H50O6. The summed E-state index contributed by atoms with van der Waals surface area (Å²) in [6, 6.07) is 30.8. The van der Waals surface area contributed by atoms with Gasteiger partial charge in [-0.2, -0.15) is 0 Å². The van der Waals surface area contributed by atoms with Gasteiger partial charge in [-0.15, -0.1) is 0 Å². The van der Waals surface area contributed by atoms with Crippen LogP contribution >= 0.6 is 0 Å². The van der Waals surface area contributed by atoms with Crippen molar-refractivity contribution < 1.29 is 28.8 Å². The van der Waals surface area contributed by atoms with E-state index in [1.165, 1.54) is 0 Å². The van der Waals surface area contributed by atoms with Crippen LogP contribution in [-0.4, -0.2) is 62.2 Å². The summed E-state index contributed by atoms with van der Waals surface area (Å²) < 4.78 is 32.6. The molecular weight excluding hydrogens is 540 g/mol. The van der Waals surface area contributed by atoms with Crippen molar-refractivity contribution in [3.05, 3.63) is 108 Å². The van der Waals surface area contributed by atoms with E-state index in [0.717, 1.165) is 55.2 Å². The lowest BCUT2D eigenvalue weighted by molar-refractivity contribution is -0.314. The van der Waals surface area contributed by atoms with Crippen molar-refractivity contribution in [2.75, 3.05) is 26.4 Å². The fourth-order valence-electron chi connectivity index (χ4n) is 5.66. The summed E-state index contributed by atoms with van der Waals surface area (Å²) in [4.78, 5) is 0. The third-order valence-electron chi connectivity index (χ3n) is 8.04. The van der Waals surface area contributed by atoms with Gasteiger partial charge in [0.25, 0.3) is 0 Å². The normalized spacial score (nSPS) is 22.5. The summed E-state index contributed by atoms with van der Waals surface area (Å²) in [6.45, 7) is 8.22. The molecule has 1 fully saturated rings. The fourth-order valence-corrected chi connectivity index (χ4v) is 5.66. The molecule has 5 atom stereocenters. The van der Waals surface area contributed by atoms with Crippen LogP contribution in [0.4, 0.5) is 0 Å². The van der Waals surface area contributed by atoms with Gasteiger partial charge >= 0.3 is 0 Å². The summed E-state index contributed by atoms with van der Waals surface area (Å²) in [5, 5.41) is 11.3. The number of unbranched alkanes of at least 4 members (excludes halogenated alkanes) is 3. The second-order valence-corrected chi connectivity index (χ2v) is 11.2. The van der Waals surface area contributed by atoms with Gasteiger partial charge in [-0.05, 0) is 36.0 Å². The minimum atomic E-state index is -1.16. The molecule has 0 spiro atoms. The number of rotatable bonds is 18. The second-order valence-electron chi connectivity index (χ2n) is 11.2. The van der Waals surface area contributed by atoms with Gasteiger partial charge in [0.2, 0.25) is 0 Å². The highest BCUT2D eigenvalue weighted by Gasteiger charge is 2.49. The molecule has 234 valence electrons. The van der Waals surface area contributed by atoms with E-state index in [4.69, 9.17) is 23.7 Å². The second kappa shape index (κ2) is 17.6. The molecule has 0 radical (unpaired) electrons. The Hall–Kier alpha value is -2.58. The zero-order chi connectivity index (χ0) is 30.3. The highest BCUT2D eigenvalue weighted by Crippen LogP contribution is 2.41. The van der Waals surface area contributed by atoms with E-state index in [1.54, 1.807) is 0 Å². The van der Waals surface area contributed by atoms with Crippen molar-refractivity contribution in [3.8, 4) is 0 Å². The van der Waals surface area contributed by atoms with Crippen LogP contribution in [0.2, 0.25) is 0 Å².